The van der Waals surface area contributed by atoms with E-state index in [2.05, 4.69) is 29.2 Å². The van der Waals surface area contributed by atoms with Gasteiger partial charge in [0.05, 0.1) is 0 Å². The van der Waals surface area contributed by atoms with Crippen molar-refractivity contribution < 1.29 is 5.21 Å². The third-order valence-electron chi connectivity index (χ3n) is 3.94. The Kier molecular flexibility index (Phi) is 3.88. The van der Waals surface area contributed by atoms with Crippen LogP contribution in [-0.2, 0) is 0 Å². The number of nitrogens with two attached hydrogens (primary N) is 1. The van der Waals surface area contributed by atoms with E-state index in [9.17, 15) is 0 Å². The Morgan fingerprint density at radius 1 is 1.41 bits per heavy atom. The molecule has 1 atom stereocenters. The SMILES string of the molecule is CC1(CNCC2(CC(N)=NO)CC2)CCCS1. The minimum absolute atomic E-state index is 0.274. The second-order valence-electron chi connectivity index (χ2n) is 5.77. The molecule has 2 rings (SSSR count). The van der Waals surface area contributed by atoms with Crippen LogP contribution >= 0.6 is 11.8 Å². The van der Waals surface area contributed by atoms with Crippen LogP contribution in [0.15, 0.2) is 5.16 Å². The van der Waals surface area contributed by atoms with E-state index in [1.807, 2.05) is 0 Å². The molecule has 0 aromatic rings. The molecule has 1 saturated heterocycles. The molecule has 0 bridgehead atoms. The van der Waals surface area contributed by atoms with Gasteiger partial charge in [-0.1, -0.05) is 5.16 Å². The summed E-state index contributed by atoms with van der Waals surface area (Å²) in [6, 6.07) is 0. The molecule has 0 spiro atoms. The highest BCUT2D eigenvalue weighted by atomic mass is 32.2. The van der Waals surface area contributed by atoms with Crippen LogP contribution in [0.4, 0.5) is 0 Å². The van der Waals surface area contributed by atoms with Gasteiger partial charge in [-0.15, -0.1) is 0 Å². The molecule has 1 unspecified atom stereocenters. The van der Waals surface area contributed by atoms with E-state index in [1.165, 1.54) is 31.4 Å². The van der Waals surface area contributed by atoms with Gasteiger partial charge in [-0.3, -0.25) is 0 Å². The quantitative estimate of drug-likeness (QED) is 0.293. The molecule has 98 valence electrons. The summed E-state index contributed by atoms with van der Waals surface area (Å²) in [5.41, 5.74) is 5.86. The number of hydrogen-bond acceptors (Lipinski definition) is 4. The summed E-state index contributed by atoms with van der Waals surface area (Å²) < 4.78 is 0.423. The topological polar surface area (TPSA) is 70.6 Å². The van der Waals surface area contributed by atoms with E-state index < -0.39 is 0 Å². The fraction of sp³-hybridized carbons (Fsp3) is 0.917. The first-order valence-electron chi connectivity index (χ1n) is 6.39. The Morgan fingerprint density at radius 2 is 2.18 bits per heavy atom. The average molecular weight is 257 g/mol. The molecule has 2 aliphatic rings. The Labute approximate surface area is 107 Å². The Bertz CT molecular complexity index is 296. The second kappa shape index (κ2) is 5.06. The molecule has 0 amide bonds. The first-order chi connectivity index (χ1) is 8.08. The van der Waals surface area contributed by atoms with Gasteiger partial charge >= 0.3 is 0 Å². The van der Waals surface area contributed by atoms with Crippen molar-refractivity contribution in [3.63, 3.8) is 0 Å². The summed E-state index contributed by atoms with van der Waals surface area (Å²) in [7, 11) is 0. The number of nitrogens with zero attached hydrogens (tertiary/aromatic N) is 1. The fourth-order valence-electron chi connectivity index (χ4n) is 2.58. The maximum absolute atomic E-state index is 8.60. The maximum atomic E-state index is 8.60. The lowest BCUT2D eigenvalue weighted by Gasteiger charge is -2.25. The largest absolute Gasteiger partial charge is 0.409 e. The summed E-state index contributed by atoms with van der Waals surface area (Å²) in [6.45, 7) is 4.43. The van der Waals surface area contributed by atoms with Crippen molar-refractivity contribution in [2.24, 2.45) is 16.3 Å². The molecular formula is C12H23N3OS. The van der Waals surface area contributed by atoms with Gasteiger partial charge in [0.1, 0.15) is 5.84 Å². The number of nitrogens with one attached hydrogen (secondary N) is 1. The van der Waals surface area contributed by atoms with Crippen molar-refractivity contribution in [2.45, 2.75) is 43.8 Å². The Balaban J connectivity index is 1.71. The highest BCUT2D eigenvalue weighted by molar-refractivity contribution is 8.00. The molecule has 0 radical (unpaired) electrons. The molecule has 0 aromatic carbocycles. The van der Waals surface area contributed by atoms with Crippen molar-refractivity contribution in [2.75, 3.05) is 18.8 Å². The second-order valence-corrected chi connectivity index (χ2v) is 7.46. The van der Waals surface area contributed by atoms with Gasteiger partial charge in [-0.2, -0.15) is 11.8 Å². The first kappa shape index (κ1) is 13.0. The van der Waals surface area contributed by atoms with E-state index in [1.54, 1.807) is 0 Å². The first-order valence-corrected chi connectivity index (χ1v) is 7.37. The van der Waals surface area contributed by atoms with Crippen molar-refractivity contribution >= 4 is 17.6 Å². The van der Waals surface area contributed by atoms with Crippen LogP contribution in [-0.4, -0.2) is 34.6 Å². The summed E-state index contributed by atoms with van der Waals surface area (Å²) in [6.07, 6.45) is 5.77. The molecule has 2 fully saturated rings. The number of oxime groups is 1. The lowest BCUT2D eigenvalue weighted by atomic mass is 10.0. The fourth-order valence-corrected chi connectivity index (χ4v) is 3.86. The maximum Gasteiger partial charge on any atom is 0.139 e. The van der Waals surface area contributed by atoms with Crippen molar-refractivity contribution in [3.8, 4) is 0 Å². The van der Waals surface area contributed by atoms with Gasteiger partial charge in [0.25, 0.3) is 0 Å². The van der Waals surface area contributed by atoms with E-state index in [0.717, 1.165) is 19.5 Å². The molecule has 1 aliphatic heterocycles. The predicted octanol–water partition coefficient (Wildman–Crippen LogP) is 1.78. The summed E-state index contributed by atoms with van der Waals surface area (Å²) in [5.74, 6) is 1.67. The zero-order valence-electron chi connectivity index (χ0n) is 10.5. The predicted molar refractivity (Wildman–Crippen MR) is 72.7 cm³/mol. The van der Waals surface area contributed by atoms with Crippen LogP contribution in [0.25, 0.3) is 0 Å². The number of thioether (sulfide) groups is 1. The van der Waals surface area contributed by atoms with Crippen molar-refractivity contribution in [1.29, 1.82) is 0 Å². The third-order valence-corrected chi connectivity index (χ3v) is 5.48. The number of amidine groups is 1. The van der Waals surface area contributed by atoms with Gasteiger partial charge in [-0.05, 0) is 43.8 Å². The average Bonchev–Trinajstić information content (AvgIpc) is 2.91. The summed E-state index contributed by atoms with van der Waals surface area (Å²) in [4.78, 5) is 0. The van der Waals surface area contributed by atoms with Gasteiger partial charge in [0, 0.05) is 24.3 Å². The van der Waals surface area contributed by atoms with Crippen molar-refractivity contribution in [3.05, 3.63) is 0 Å². The molecule has 1 heterocycles. The smallest absolute Gasteiger partial charge is 0.139 e. The lowest BCUT2D eigenvalue weighted by Crippen LogP contribution is -2.37. The molecule has 5 heteroatoms. The van der Waals surface area contributed by atoms with Crippen molar-refractivity contribution in [1.82, 2.24) is 5.32 Å². The van der Waals surface area contributed by atoms with E-state index >= 15 is 0 Å². The highest BCUT2D eigenvalue weighted by Gasteiger charge is 2.43. The molecule has 4 nitrogen and oxygen atoms in total. The number of hydrogen-bond donors (Lipinski definition) is 3. The van der Waals surface area contributed by atoms with Gasteiger partial charge in [0.15, 0.2) is 0 Å². The van der Waals surface area contributed by atoms with Gasteiger partial charge < -0.3 is 16.3 Å². The normalized spacial score (nSPS) is 31.7. The molecule has 0 aromatic heterocycles. The Hall–Kier alpha value is -0.420. The summed E-state index contributed by atoms with van der Waals surface area (Å²) in [5, 5.41) is 15.3. The molecular weight excluding hydrogens is 234 g/mol. The van der Waals surface area contributed by atoms with Gasteiger partial charge in [-0.25, -0.2) is 0 Å². The standard InChI is InChI=1S/C12H23N3OS/c1-11(3-2-6-17-11)8-14-9-12(4-5-12)7-10(13)15-16/h14,16H,2-9H2,1H3,(H2,13,15). The highest BCUT2D eigenvalue weighted by Crippen LogP contribution is 2.48. The van der Waals surface area contributed by atoms with Crippen LogP contribution in [0, 0.1) is 5.41 Å². The minimum atomic E-state index is 0.274. The zero-order valence-corrected chi connectivity index (χ0v) is 11.4. The lowest BCUT2D eigenvalue weighted by molar-refractivity contribution is 0.314. The zero-order chi connectivity index (χ0) is 12.4. The van der Waals surface area contributed by atoms with E-state index in [0.29, 0.717) is 10.6 Å². The number of rotatable bonds is 6. The molecule has 4 N–H and O–H groups in total. The molecule has 1 aliphatic carbocycles. The monoisotopic (exact) mass is 257 g/mol. The summed E-state index contributed by atoms with van der Waals surface area (Å²) >= 11 is 2.08. The van der Waals surface area contributed by atoms with Crippen LogP contribution in [0.3, 0.4) is 0 Å². The van der Waals surface area contributed by atoms with Crippen LogP contribution in [0.5, 0.6) is 0 Å². The Morgan fingerprint density at radius 3 is 2.71 bits per heavy atom. The molecule has 1 saturated carbocycles. The van der Waals surface area contributed by atoms with Crippen LogP contribution in [0.2, 0.25) is 0 Å². The molecule has 17 heavy (non-hydrogen) atoms. The van der Waals surface area contributed by atoms with Gasteiger partial charge in [0.2, 0.25) is 0 Å². The van der Waals surface area contributed by atoms with E-state index in [4.69, 9.17) is 10.9 Å². The van der Waals surface area contributed by atoms with Crippen LogP contribution < -0.4 is 11.1 Å². The van der Waals surface area contributed by atoms with E-state index in [-0.39, 0.29) is 5.41 Å². The minimum Gasteiger partial charge on any atom is -0.409 e. The third kappa shape index (κ3) is 3.52. The van der Waals surface area contributed by atoms with Crippen LogP contribution in [0.1, 0.15) is 39.0 Å².